The molecule has 0 aliphatic carbocycles. The van der Waals surface area contributed by atoms with Crippen LogP contribution in [0.15, 0.2) is 38.1 Å². The fourth-order valence-electron chi connectivity index (χ4n) is 3.70. The number of hydrogen-bond acceptors (Lipinski definition) is 10. The summed E-state index contributed by atoms with van der Waals surface area (Å²) in [4.78, 5) is 58.8. The lowest BCUT2D eigenvalue weighted by atomic mass is 10.4. The molecule has 0 aromatic rings. The lowest BCUT2D eigenvalue weighted by Crippen LogP contribution is -2.27. The van der Waals surface area contributed by atoms with Gasteiger partial charge >= 0.3 is 0 Å². The van der Waals surface area contributed by atoms with Crippen molar-refractivity contribution in [2.24, 2.45) is 11.5 Å². The van der Waals surface area contributed by atoms with E-state index in [2.05, 4.69) is 37.7 Å². The lowest BCUT2D eigenvalue weighted by Gasteiger charge is -2.14. The van der Waals surface area contributed by atoms with E-state index in [-0.39, 0.29) is 17.7 Å². The number of likely N-dealkylation sites (tertiary alicyclic amines) is 3. The van der Waals surface area contributed by atoms with E-state index in [4.69, 9.17) is 23.1 Å². The summed E-state index contributed by atoms with van der Waals surface area (Å²) in [5.74, 6) is 5.32. The molecule has 3 aliphatic heterocycles. The molecule has 0 atom stereocenters. The molecule has 45 heavy (non-hydrogen) atoms. The third-order valence-corrected chi connectivity index (χ3v) is 8.34. The highest BCUT2D eigenvalue weighted by atomic mass is 35.5. The molecule has 15 heteroatoms. The number of carbonyl (C=O) groups excluding carboxylic acids is 5. The molecular formula is C30H53ClN6O5S3. The minimum absolute atomic E-state index is 0.129. The number of amides is 4. The molecule has 0 bridgehead atoms. The Morgan fingerprint density at radius 2 is 1.27 bits per heavy atom. The minimum atomic E-state index is -0.509. The van der Waals surface area contributed by atoms with Crippen LogP contribution in [0.2, 0.25) is 0 Å². The van der Waals surface area contributed by atoms with Crippen LogP contribution >= 0.6 is 47.8 Å². The number of rotatable bonds is 15. The molecule has 0 saturated carbocycles. The smallest absolute Gasteiger partial charge is 0.244 e. The summed E-state index contributed by atoms with van der Waals surface area (Å²) in [5.41, 5.74) is 10.3. The zero-order chi connectivity index (χ0) is 34.3. The third kappa shape index (κ3) is 26.9. The van der Waals surface area contributed by atoms with E-state index in [0.29, 0.717) is 31.8 Å². The van der Waals surface area contributed by atoms with Gasteiger partial charge in [-0.05, 0) is 49.2 Å². The van der Waals surface area contributed by atoms with E-state index in [0.717, 1.165) is 99.8 Å². The molecule has 5 N–H and O–H groups in total. The number of thiol groups is 1. The number of nitrogens with two attached hydrogens (primary N) is 2. The molecule has 3 rings (SSSR count). The summed E-state index contributed by atoms with van der Waals surface area (Å²) in [6, 6.07) is 0. The molecule has 0 unspecified atom stereocenters. The zero-order valence-corrected chi connectivity index (χ0v) is 29.8. The Balaban J connectivity index is 0. The van der Waals surface area contributed by atoms with E-state index < -0.39 is 5.24 Å². The maximum Gasteiger partial charge on any atom is 0.244 e. The Labute approximate surface area is 288 Å². The second-order valence-electron chi connectivity index (χ2n) is 9.37. The van der Waals surface area contributed by atoms with Crippen molar-refractivity contribution >= 4 is 76.6 Å². The summed E-state index contributed by atoms with van der Waals surface area (Å²) in [7, 11) is 0. The van der Waals surface area contributed by atoms with Crippen molar-refractivity contribution in [1.29, 1.82) is 0 Å². The average Bonchev–Trinajstić information content (AvgIpc) is 3.78. The molecule has 3 aliphatic rings. The van der Waals surface area contributed by atoms with Gasteiger partial charge in [0.05, 0.1) is 0 Å². The fourth-order valence-corrected chi connectivity index (χ4v) is 5.22. The summed E-state index contributed by atoms with van der Waals surface area (Å²) in [6.45, 7) is 16.5. The summed E-state index contributed by atoms with van der Waals surface area (Å²) >= 11 is 12.1. The Kier molecular flexibility index (Phi) is 32.1. The quantitative estimate of drug-likeness (QED) is 0.0868. The first kappa shape index (κ1) is 45.2. The van der Waals surface area contributed by atoms with Crippen molar-refractivity contribution in [1.82, 2.24) is 20.0 Å². The first-order valence-corrected chi connectivity index (χ1v) is 18.3. The molecule has 11 nitrogen and oxygen atoms in total. The highest BCUT2D eigenvalue weighted by Gasteiger charge is 2.19. The monoisotopic (exact) mass is 708 g/mol. The summed E-state index contributed by atoms with van der Waals surface area (Å²) in [5, 5.41) is 2.20. The standard InChI is InChI=1S/C11H18N2O2S.C8H16N2OS.C6H9NO.C3H3ClO.C2H7NS/c1-2-10(14)12-5-8-16-9-7-13-6-3-4-11(13)15;9-3-6-12-7-5-10-4-1-2-8(10)11;1-2-7-5-3-4-6(7)8;1-2-3(4)5;3-1-2-4/h2H,1,3-9H2,(H,12,14);1-7,9H2;2H,1,3-5H2;2H,1H2;4H,1-3H2. The van der Waals surface area contributed by atoms with Crippen molar-refractivity contribution in [3.8, 4) is 0 Å². The zero-order valence-electron chi connectivity index (χ0n) is 26.5. The van der Waals surface area contributed by atoms with Crippen LogP contribution in [0.5, 0.6) is 0 Å². The van der Waals surface area contributed by atoms with Gasteiger partial charge in [0.2, 0.25) is 28.9 Å². The van der Waals surface area contributed by atoms with E-state index in [1.165, 1.54) is 6.08 Å². The first-order chi connectivity index (χ1) is 21.6. The van der Waals surface area contributed by atoms with Crippen molar-refractivity contribution in [3.05, 3.63) is 38.1 Å². The average molecular weight is 709 g/mol. The summed E-state index contributed by atoms with van der Waals surface area (Å²) in [6.07, 6.45) is 9.10. The van der Waals surface area contributed by atoms with Gasteiger partial charge in [-0.2, -0.15) is 36.2 Å². The third-order valence-electron chi connectivity index (χ3n) is 5.97. The Bertz CT molecular complexity index is 898. The van der Waals surface area contributed by atoms with Crippen LogP contribution in [0, 0.1) is 0 Å². The number of nitrogens with one attached hydrogen (secondary N) is 1. The SMILES string of the molecule is C=CC(=O)Cl.C=CC(=O)NCCSCCN1CCCC1=O.C=CN1CCCC1=O.NCCS.NCCSCCN1CCCC1=O. The van der Waals surface area contributed by atoms with Crippen LogP contribution in [0.25, 0.3) is 0 Å². The number of hydrogen-bond donors (Lipinski definition) is 4. The van der Waals surface area contributed by atoms with E-state index in [9.17, 15) is 24.0 Å². The predicted octanol–water partition coefficient (Wildman–Crippen LogP) is 2.51. The van der Waals surface area contributed by atoms with Gasteiger partial charge in [0, 0.05) is 100 Å². The lowest BCUT2D eigenvalue weighted by molar-refractivity contribution is -0.128. The second kappa shape index (κ2) is 32.0. The van der Waals surface area contributed by atoms with Crippen LogP contribution in [0.1, 0.15) is 38.5 Å². The number of allylic oxidation sites excluding steroid dienone is 1. The van der Waals surface area contributed by atoms with Gasteiger partial charge < -0.3 is 31.5 Å². The first-order valence-electron chi connectivity index (χ1n) is 15.0. The van der Waals surface area contributed by atoms with Crippen LogP contribution in [-0.2, 0) is 24.0 Å². The molecule has 3 heterocycles. The largest absolute Gasteiger partial charge is 0.352 e. The van der Waals surface area contributed by atoms with Crippen LogP contribution < -0.4 is 16.8 Å². The topological polar surface area (TPSA) is 159 Å². The number of carbonyl (C=O) groups is 5. The maximum atomic E-state index is 11.3. The molecule has 258 valence electrons. The number of nitrogens with zero attached hydrogens (tertiary/aromatic N) is 3. The second-order valence-corrected chi connectivity index (χ2v) is 12.6. The number of thioether (sulfide) groups is 2. The van der Waals surface area contributed by atoms with E-state index in [1.54, 1.807) is 22.9 Å². The van der Waals surface area contributed by atoms with Gasteiger partial charge in [0.25, 0.3) is 0 Å². The van der Waals surface area contributed by atoms with E-state index >= 15 is 0 Å². The van der Waals surface area contributed by atoms with Crippen molar-refractivity contribution < 1.29 is 24.0 Å². The molecule has 0 aromatic carbocycles. The van der Waals surface area contributed by atoms with Crippen LogP contribution in [0.4, 0.5) is 0 Å². The summed E-state index contributed by atoms with van der Waals surface area (Å²) < 4.78 is 0. The highest BCUT2D eigenvalue weighted by molar-refractivity contribution is 7.99. The molecule has 4 amide bonds. The Hall–Kier alpha value is -1.97. The van der Waals surface area contributed by atoms with Crippen LogP contribution in [-0.4, -0.2) is 125 Å². The molecule has 3 fully saturated rings. The molecule has 0 radical (unpaired) electrons. The Morgan fingerprint density at radius 3 is 1.58 bits per heavy atom. The minimum Gasteiger partial charge on any atom is -0.352 e. The molecular weight excluding hydrogens is 656 g/mol. The maximum absolute atomic E-state index is 11.3. The molecule has 0 spiro atoms. The predicted molar refractivity (Wildman–Crippen MR) is 194 cm³/mol. The van der Waals surface area contributed by atoms with Gasteiger partial charge in [0.1, 0.15) is 0 Å². The van der Waals surface area contributed by atoms with Gasteiger partial charge in [-0.1, -0.05) is 19.7 Å². The van der Waals surface area contributed by atoms with Crippen molar-refractivity contribution in [2.45, 2.75) is 38.5 Å². The fraction of sp³-hybridized carbons (Fsp3) is 0.633. The van der Waals surface area contributed by atoms with Gasteiger partial charge in [0.15, 0.2) is 0 Å². The van der Waals surface area contributed by atoms with Gasteiger partial charge in [-0.15, -0.1) is 0 Å². The Morgan fingerprint density at radius 1 is 0.800 bits per heavy atom. The highest BCUT2D eigenvalue weighted by Crippen LogP contribution is 2.11. The van der Waals surface area contributed by atoms with Crippen molar-refractivity contribution in [2.75, 3.05) is 81.1 Å². The van der Waals surface area contributed by atoms with Crippen molar-refractivity contribution in [3.63, 3.8) is 0 Å². The van der Waals surface area contributed by atoms with Gasteiger partial charge in [-0.25, -0.2) is 0 Å². The van der Waals surface area contributed by atoms with Gasteiger partial charge in [-0.3, -0.25) is 24.0 Å². The number of halogens is 1. The van der Waals surface area contributed by atoms with E-state index in [1.807, 2.05) is 21.6 Å². The van der Waals surface area contributed by atoms with Crippen LogP contribution in [0.3, 0.4) is 0 Å². The molecule has 0 aromatic heterocycles. The normalized spacial score (nSPS) is 14.9. The molecule has 3 saturated heterocycles.